The topological polar surface area (TPSA) is 9.86 Å². The Kier molecular flexibility index (Phi) is 4.85. The number of nitrogens with zero attached hydrogens (tertiary/aromatic N) is 2. The summed E-state index contributed by atoms with van der Waals surface area (Å²) in [5.41, 5.74) is 8.62. The van der Waals surface area contributed by atoms with Crippen molar-refractivity contribution in [2.24, 2.45) is 0 Å². The number of aromatic nitrogens is 2. The van der Waals surface area contributed by atoms with Crippen LogP contribution in [0.25, 0.3) is 70.3 Å². The molecule has 0 saturated carbocycles. The number of allylic oxidation sites excluding steroid dienone is 1. The Bertz CT molecular complexity index is 2250. The van der Waals surface area contributed by atoms with E-state index in [1.165, 1.54) is 75.5 Å². The zero-order valence-corrected chi connectivity index (χ0v) is 22.7. The second-order valence-electron chi connectivity index (χ2n) is 10.2. The molecular weight excluding hydrogens is 492 g/mol. The molecule has 3 aromatic heterocycles. The van der Waals surface area contributed by atoms with Crippen LogP contribution in [0.2, 0.25) is 0 Å². The lowest BCUT2D eigenvalue weighted by Crippen LogP contribution is -1.97. The molecule has 0 fully saturated rings. The van der Waals surface area contributed by atoms with E-state index in [1.807, 2.05) is 11.3 Å². The maximum absolute atomic E-state index is 2.42. The summed E-state index contributed by atoms with van der Waals surface area (Å²) in [6.07, 6.45) is 4.35. The predicted octanol–water partition coefficient (Wildman–Crippen LogP) is 10.4. The Morgan fingerprint density at radius 2 is 1.13 bits per heavy atom. The smallest absolute Gasteiger partial charge is 0.0542 e. The monoisotopic (exact) mass is 518 g/mol. The molecule has 0 aliphatic rings. The van der Waals surface area contributed by atoms with Gasteiger partial charge in [0.1, 0.15) is 0 Å². The fraction of sp³-hybridized carbons (Fsp3) is 0.0556. The molecule has 8 aromatic rings. The average Bonchev–Trinajstić information content (AvgIpc) is 3.60. The summed E-state index contributed by atoms with van der Waals surface area (Å²) in [7, 11) is 0. The molecule has 3 heterocycles. The van der Waals surface area contributed by atoms with Crippen molar-refractivity contribution in [2.75, 3.05) is 0 Å². The van der Waals surface area contributed by atoms with Crippen LogP contribution >= 0.6 is 11.3 Å². The Morgan fingerprint density at radius 1 is 0.538 bits per heavy atom. The third-order valence-corrected chi connectivity index (χ3v) is 9.18. The van der Waals surface area contributed by atoms with Crippen molar-refractivity contribution in [3.8, 4) is 11.4 Å². The summed E-state index contributed by atoms with van der Waals surface area (Å²) in [5, 5.41) is 6.47. The molecule has 186 valence electrons. The number of hydrogen-bond acceptors (Lipinski definition) is 1. The van der Waals surface area contributed by atoms with Gasteiger partial charge in [0.05, 0.1) is 16.6 Å². The molecule has 0 spiro atoms. The SMILES string of the molecule is C/C=C\c1c(C)n(-c2ccc3c(c2)c2ccccc2n3-c2ccc3sc4ccccc4c3c2)c2ccccc12. The summed E-state index contributed by atoms with van der Waals surface area (Å²) in [6.45, 7) is 4.31. The van der Waals surface area contributed by atoms with Gasteiger partial charge in [0.25, 0.3) is 0 Å². The summed E-state index contributed by atoms with van der Waals surface area (Å²) in [6, 6.07) is 40.1. The third kappa shape index (κ3) is 3.20. The highest BCUT2D eigenvalue weighted by molar-refractivity contribution is 7.25. The lowest BCUT2D eigenvalue weighted by Gasteiger charge is -2.11. The van der Waals surface area contributed by atoms with Crippen LogP contribution in [0.5, 0.6) is 0 Å². The number of hydrogen-bond donors (Lipinski definition) is 0. The molecule has 0 aliphatic carbocycles. The van der Waals surface area contributed by atoms with Gasteiger partial charge in [-0.1, -0.05) is 66.7 Å². The second-order valence-corrected chi connectivity index (χ2v) is 11.3. The van der Waals surface area contributed by atoms with Crippen molar-refractivity contribution >= 4 is 70.3 Å². The first-order chi connectivity index (χ1) is 19.2. The lowest BCUT2D eigenvalue weighted by atomic mass is 10.1. The highest BCUT2D eigenvalue weighted by Crippen LogP contribution is 2.39. The third-order valence-electron chi connectivity index (χ3n) is 8.03. The van der Waals surface area contributed by atoms with Crippen molar-refractivity contribution in [1.29, 1.82) is 0 Å². The summed E-state index contributed by atoms with van der Waals surface area (Å²) >= 11 is 1.87. The van der Waals surface area contributed by atoms with Crippen LogP contribution in [-0.2, 0) is 0 Å². The quantitative estimate of drug-likeness (QED) is 0.220. The van der Waals surface area contributed by atoms with Crippen LogP contribution in [0.4, 0.5) is 0 Å². The standard InChI is InChI=1S/C36H26N2S/c1-3-10-26-23(2)37(32-14-7-4-11-27(26)32)24-17-19-34-30(21-24)28-12-5-8-15-33(28)38(34)25-18-20-36-31(22-25)29-13-6-9-16-35(29)39-36/h3-22H,1-2H3/b10-3-. The summed E-state index contributed by atoms with van der Waals surface area (Å²) in [4.78, 5) is 0. The molecule has 39 heavy (non-hydrogen) atoms. The first kappa shape index (κ1) is 22.4. The Morgan fingerprint density at radius 3 is 1.95 bits per heavy atom. The van der Waals surface area contributed by atoms with Gasteiger partial charge in [-0.05, 0) is 68.4 Å². The van der Waals surface area contributed by atoms with E-state index in [1.54, 1.807) is 0 Å². The predicted molar refractivity (Wildman–Crippen MR) is 170 cm³/mol. The van der Waals surface area contributed by atoms with E-state index in [0.29, 0.717) is 0 Å². The summed E-state index contributed by atoms with van der Waals surface area (Å²) in [5.74, 6) is 0. The van der Waals surface area contributed by atoms with Crippen LogP contribution < -0.4 is 0 Å². The molecule has 3 heteroatoms. The first-order valence-electron chi connectivity index (χ1n) is 13.4. The Balaban J connectivity index is 1.41. The molecule has 2 nitrogen and oxygen atoms in total. The zero-order valence-electron chi connectivity index (χ0n) is 21.8. The van der Waals surface area contributed by atoms with Gasteiger partial charge in [-0.2, -0.15) is 0 Å². The average molecular weight is 519 g/mol. The minimum atomic E-state index is 1.19. The van der Waals surface area contributed by atoms with Crippen LogP contribution in [0.3, 0.4) is 0 Å². The van der Waals surface area contributed by atoms with Gasteiger partial charge in [0.2, 0.25) is 0 Å². The second kappa shape index (κ2) is 8.45. The molecule has 0 unspecified atom stereocenters. The van der Waals surface area contributed by atoms with Crippen molar-refractivity contribution in [3.63, 3.8) is 0 Å². The van der Waals surface area contributed by atoms with E-state index in [2.05, 4.69) is 144 Å². The molecule has 0 N–H and O–H groups in total. The Labute approximate surface area is 230 Å². The normalized spacial score (nSPS) is 12.3. The maximum atomic E-state index is 2.42. The molecule has 0 radical (unpaired) electrons. The number of benzene rings is 5. The van der Waals surface area contributed by atoms with E-state index in [9.17, 15) is 0 Å². The van der Waals surface area contributed by atoms with E-state index < -0.39 is 0 Å². The molecular formula is C36H26N2S. The minimum Gasteiger partial charge on any atom is -0.313 e. The molecule has 0 saturated heterocycles. The highest BCUT2D eigenvalue weighted by atomic mass is 32.1. The number of thiophene rings is 1. The first-order valence-corrected chi connectivity index (χ1v) is 14.2. The Hall–Kier alpha value is -4.60. The van der Waals surface area contributed by atoms with Gasteiger partial charge < -0.3 is 9.13 Å². The van der Waals surface area contributed by atoms with Gasteiger partial charge in [-0.15, -0.1) is 11.3 Å². The van der Waals surface area contributed by atoms with Gasteiger partial charge >= 0.3 is 0 Å². The largest absolute Gasteiger partial charge is 0.313 e. The van der Waals surface area contributed by atoms with Gasteiger partial charge in [0, 0.05) is 59.0 Å². The molecule has 0 bridgehead atoms. The lowest BCUT2D eigenvalue weighted by molar-refractivity contribution is 1.05. The van der Waals surface area contributed by atoms with E-state index in [4.69, 9.17) is 0 Å². The van der Waals surface area contributed by atoms with E-state index in [0.717, 1.165) is 0 Å². The number of para-hydroxylation sites is 2. The van der Waals surface area contributed by atoms with Crippen LogP contribution in [-0.4, -0.2) is 9.13 Å². The van der Waals surface area contributed by atoms with Crippen LogP contribution in [0, 0.1) is 6.92 Å². The molecule has 5 aromatic carbocycles. The minimum absolute atomic E-state index is 1.19. The highest BCUT2D eigenvalue weighted by Gasteiger charge is 2.17. The van der Waals surface area contributed by atoms with Crippen molar-refractivity contribution in [2.45, 2.75) is 13.8 Å². The van der Waals surface area contributed by atoms with E-state index in [-0.39, 0.29) is 0 Å². The fourth-order valence-electron chi connectivity index (χ4n) is 6.33. The molecule has 0 atom stereocenters. The summed E-state index contributed by atoms with van der Waals surface area (Å²) < 4.78 is 7.49. The number of fused-ring (bicyclic) bond motifs is 7. The van der Waals surface area contributed by atoms with E-state index >= 15 is 0 Å². The van der Waals surface area contributed by atoms with Gasteiger partial charge in [-0.25, -0.2) is 0 Å². The van der Waals surface area contributed by atoms with Crippen LogP contribution in [0.15, 0.2) is 115 Å². The molecule has 0 amide bonds. The molecule has 8 rings (SSSR count). The van der Waals surface area contributed by atoms with Gasteiger partial charge in [-0.3, -0.25) is 0 Å². The van der Waals surface area contributed by atoms with Crippen molar-refractivity contribution in [3.05, 3.63) is 127 Å². The zero-order chi connectivity index (χ0) is 26.1. The van der Waals surface area contributed by atoms with Crippen molar-refractivity contribution in [1.82, 2.24) is 9.13 Å². The maximum Gasteiger partial charge on any atom is 0.0542 e. The molecule has 0 aliphatic heterocycles. The number of rotatable bonds is 3. The van der Waals surface area contributed by atoms with Gasteiger partial charge in [0.15, 0.2) is 0 Å². The van der Waals surface area contributed by atoms with Crippen LogP contribution in [0.1, 0.15) is 18.2 Å². The fourth-order valence-corrected chi connectivity index (χ4v) is 7.42. The van der Waals surface area contributed by atoms with Crippen molar-refractivity contribution < 1.29 is 0 Å².